The number of allylic oxidation sites excluding steroid dienone is 4. The summed E-state index contributed by atoms with van der Waals surface area (Å²) in [6, 6.07) is 29.8. The molecule has 0 fully saturated rings. The predicted octanol–water partition coefficient (Wildman–Crippen LogP) is 12.2. The van der Waals surface area contributed by atoms with Crippen molar-refractivity contribution in [1.82, 2.24) is 9.97 Å². The second-order valence-electron chi connectivity index (χ2n) is 18.9. The van der Waals surface area contributed by atoms with Crippen molar-refractivity contribution < 1.29 is 0 Å². The van der Waals surface area contributed by atoms with Gasteiger partial charge in [-0.2, -0.15) is 0 Å². The minimum atomic E-state index is -2.14. The van der Waals surface area contributed by atoms with Gasteiger partial charge in [-0.25, -0.2) is 0 Å². The van der Waals surface area contributed by atoms with Gasteiger partial charge in [0, 0.05) is 11.1 Å². The first-order chi connectivity index (χ1) is 30.6. The average molecular weight is 894 g/mol. The fourth-order valence-corrected chi connectivity index (χ4v) is 20.5. The first-order valence-corrected chi connectivity index (χ1v) is 27.4. The van der Waals surface area contributed by atoms with E-state index in [0.29, 0.717) is 33.2 Å². The van der Waals surface area contributed by atoms with Crippen molar-refractivity contribution in [2.45, 2.75) is 116 Å². The Morgan fingerprint density at radius 1 is 0.369 bits per heavy atom. The Morgan fingerprint density at radius 3 is 1.12 bits per heavy atom. The largest absolute Gasteiger partial charge is 2.00 e. The molecule has 2 radical (unpaired) electrons. The molecule has 7 rings (SSSR count). The van der Waals surface area contributed by atoms with Crippen molar-refractivity contribution in [3.63, 3.8) is 0 Å². The second-order valence-corrected chi connectivity index (χ2v) is 30.0. The second kappa shape index (κ2) is 20.9. The zero-order valence-corrected chi connectivity index (χ0v) is 43.8. The van der Waals surface area contributed by atoms with Crippen LogP contribution in [0.2, 0.25) is 33.2 Å². The zero-order valence-electron chi connectivity index (χ0n) is 40.4. The Hall–Kier alpha value is -5.26. The Morgan fingerprint density at radius 2 is 0.723 bits per heavy atom. The molecule has 8 bridgehead atoms. The van der Waals surface area contributed by atoms with Gasteiger partial charge in [-0.3, -0.25) is 0 Å². The molecule has 7 heteroatoms. The van der Waals surface area contributed by atoms with Crippen molar-refractivity contribution in [2.24, 2.45) is 0 Å². The predicted molar refractivity (Wildman–Crippen MR) is 281 cm³/mol. The molecule has 3 aliphatic rings. The molecule has 0 unspecified atom stereocenters. The standard InChI is InChI=1S/C58H60N4Si2.Mg/c1-39(2)63(40(3)4,41(5)6)37-35-49-55-31-27-51(59-55)47(25-23-45-19-15-13-16-20-45)53-29-33-57(61-53)50(36-38-64(42(7)8,43(9)10)44(11)12)58-34-30-54(62-58)48(52-28-32-56(49)60-52)26-24-46-21-17-14-18-22-46;/h13-22,27-34,39-44H,1-12H3;/q-4;+2/b51-47-,52-48-,55-49-,57-50-;. The molecule has 4 nitrogen and oxygen atoms in total. The van der Waals surface area contributed by atoms with E-state index in [1.54, 1.807) is 0 Å². The van der Waals surface area contributed by atoms with E-state index in [2.05, 4.69) is 154 Å². The van der Waals surface area contributed by atoms with Crippen LogP contribution in [0.5, 0.6) is 0 Å². The first-order valence-electron chi connectivity index (χ1n) is 22.9. The van der Waals surface area contributed by atoms with Crippen LogP contribution >= 0.6 is 0 Å². The number of fused-ring (bicyclic) bond motifs is 8. The van der Waals surface area contributed by atoms with Crippen LogP contribution in [0, 0.1) is 58.7 Å². The van der Waals surface area contributed by atoms with Crippen LogP contribution in [0.25, 0.3) is 32.9 Å². The molecule has 0 saturated heterocycles. The Balaban J connectivity index is 0.00000700. The molecular formula is C58H60MgN4Si2-2. The normalized spacial score (nSPS) is 19.0. The number of hydrogen-bond acceptors (Lipinski definition) is 0. The van der Waals surface area contributed by atoms with Crippen LogP contribution in [0.1, 0.15) is 106 Å². The number of nitrogens with zero attached hydrogens (tertiary/aromatic N) is 4. The van der Waals surface area contributed by atoms with E-state index in [1.807, 2.05) is 84.9 Å². The van der Waals surface area contributed by atoms with E-state index in [0.717, 1.165) is 79.0 Å². The van der Waals surface area contributed by atoms with Crippen LogP contribution in [-0.4, -0.2) is 39.2 Å². The molecule has 65 heavy (non-hydrogen) atoms. The maximum Gasteiger partial charge on any atom is 2.00 e. The van der Waals surface area contributed by atoms with Crippen LogP contribution in [0.4, 0.5) is 0 Å². The van der Waals surface area contributed by atoms with E-state index in [4.69, 9.17) is 20.6 Å². The minimum Gasteiger partial charge on any atom is -0.671 e. The minimum absolute atomic E-state index is 0. The third-order valence-electron chi connectivity index (χ3n) is 13.4. The van der Waals surface area contributed by atoms with Gasteiger partial charge in [-0.05, 0) is 79.8 Å². The molecule has 0 aliphatic carbocycles. The third-order valence-corrected chi connectivity index (χ3v) is 25.9. The SMILES string of the molecule is CC(C)[Si](C#C/C1=C2\C=C[C]([N-]2)/C(C#Cc2ccccc2)=c2/cc/c([n-]2)=C(\C#C[Si](C(C)C)(C(C)C)C(C)C)[C]2C=C/C(=C(\C#Cc3ccccc3)c3ccc1[n-]3)[N-]2)(C(C)C)C(C)C.[Mg+2]. The summed E-state index contributed by atoms with van der Waals surface area (Å²) in [5, 5.41) is 12.2. The number of rotatable bonds is 6. The molecule has 4 aromatic rings. The smallest absolute Gasteiger partial charge is 0.671 e. The summed E-state index contributed by atoms with van der Waals surface area (Å²) in [6.07, 6.45) is 8.22. The van der Waals surface area contributed by atoms with Gasteiger partial charge in [0.25, 0.3) is 0 Å². The molecule has 0 saturated carbocycles. The van der Waals surface area contributed by atoms with E-state index in [-0.39, 0.29) is 23.1 Å². The van der Waals surface area contributed by atoms with Crippen LogP contribution in [-0.2, 0) is 0 Å². The number of aromatic nitrogens is 2. The zero-order chi connectivity index (χ0) is 45.8. The Kier molecular flexibility index (Phi) is 15.8. The molecule has 324 valence electrons. The fraction of sp³-hybridized carbons (Fsp3) is 0.310. The molecular weight excluding hydrogens is 833 g/mol. The van der Waals surface area contributed by atoms with Gasteiger partial charge in [0.1, 0.15) is 16.1 Å². The van der Waals surface area contributed by atoms with Gasteiger partial charge >= 0.3 is 23.1 Å². The molecule has 3 aliphatic heterocycles. The maximum atomic E-state index is 5.35. The van der Waals surface area contributed by atoms with Gasteiger partial charge in [0.15, 0.2) is 0 Å². The number of hydrogen-bond donors (Lipinski definition) is 0. The van der Waals surface area contributed by atoms with E-state index in [9.17, 15) is 0 Å². The average Bonchev–Trinajstić information content (AvgIpc) is 4.11. The summed E-state index contributed by atoms with van der Waals surface area (Å²) in [4.78, 5) is 10.7. The molecule has 2 aromatic heterocycles. The molecule has 0 N–H and O–H groups in total. The fourth-order valence-electron chi connectivity index (χ4n) is 10.1. The summed E-state index contributed by atoms with van der Waals surface area (Å²) in [5.41, 5.74) is 18.6. The van der Waals surface area contributed by atoms with Gasteiger partial charge in [-0.1, -0.05) is 216 Å². The molecule has 0 amide bonds. The van der Waals surface area contributed by atoms with Gasteiger partial charge in [0.2, 0.25) is 0 Å². The van der Waals surface area contributed by atoms with Crippen molar-refractivity contribution in [3.05, 3.63) is 177 Å². The maximum absolute atomic E-state index is 5.35. The first kappa shape index (κ1) is 49.2. The summed E-state index contributed by atoms with van der Waals surface area (Å²) in [6.45, 7) is 28.1. The third kappa shape index (κ3) is 10.1. The van der Waals surface area contributed by atoms with Gasteiger partial charge in [-0.15, -0.1) is 44.6 Å². The van der Waals surface area contributed by atoms with E-state index < -0.39 is 16.1 Å². The quantitative estimate of drug-likeness (QED) is 0.143. The molecule has 2 aromatic carbocycles. The topological polar surface area (TPSA) is 56.4 Å². The molecule has 0 atom stereocenters. The van der Waals surface area contributed by atoms with Crippen LogP contribution in [0.15, 0.2) is 121 Å². The van der Waals surface area contributed by atoms with Crippen molar-refractivity contribution in [2.75, 3.05) is 0 Å². The Bertz CT molecular complexity index is 2850. The van der Waals surface area contributed by atoms with Crippen LogP contribution in [0.3, 0.4) is 0 Å². The summed E-state index contributed by atoms with van der Waals surface area (Å²) < 4.78 is 0. The van der Waals surface area contributed by atoms with Crippen molar-refractivity contribution in [3.8, 4) is 46.6 Å². The van der Waals surface area contributed by atoms with Crippen molar-refractivity contribution in [1.29, 1.82) is 0 Å². The monoisotopic (exact) mass is 892 g/mol. The van der Waals surface area contributed by atoms with Crippen LogP contribution < -0.4 is 20.7 Å². The van der Waals surface area contributed by atoms with Crippen molar-refractivity contribution >= 4 is 61.5 Å². The van der Waals surface area contributed by atoms with E-state index in [1.165, 1.54) is 0 Å². The molecule has 0 spiro atoms. The number of benzene rings is 2. The summed E-state index contributed by atoms with van der Waals surface area (Å²) >= 11 is 0. The summed E-state index contributed by atoms with van der Waals surface area (Å²) in [7, 11) is -4.28. The van der Waals surface area contributed by atoms with Gasteiger partial charge < -0.3 is 20.6 Å². The Labute approximate surface area is 408 Å². The molecule has 5 heterocycles. The van der Waals surface area contributed by atoms with Gasteiger partial charge in [0.05, 0.1) is 0 Å². The van der Waals surface area contributed by atoms with E-state index >= 15 is 0 Å². The summed E-state index contributed by atoms with van der Waals surface area (Å²) in [5.74, 6) is 21.4.